The maximum absolute atomic E-state index is 12.8. The molecule has 0 aromatic heterocycles. The standard InChI is InChI=1S/C25H28N2O4S/c1-19-13-15-27(16-14-19)32(29,30)23-11-9-22(10-12-23)31-18-25(28)26-17-21-7-4-6-20-5-2-3-8-24(20)21/h2-12,19H,13-18H2,1H3,(H,26,28). The van der Waals surface area contributed by atoms with Crippen LogP contribution in [0.15, 0.2) is 71.6 Å². The fourth-order valence-electron chi connectivity index (χ4n) is 3.92. The van der Waals surface area contributed by atoms with Gasteiger partial charge in [0.25, 0.3) is 5.91 Å². The van der Waals surface area contributed by atoms with Crippen molar-refractivity contribution in [1.82, 2.24) is 9.62 Å². The van der Waals surface area contributed by atoms with Crippen molar-refractivity contribution in [3.8, 4) is 5.75 Å². The van der Waals surface area contributed by atoms with Gasteiger partial charge < -0.3 is 10.1 Å². The van der Waals surface area contributed by atoms with Gasteiger partial charge >= 0.3 is 0 Å². The van der Waals surface area contributed by atoms with Crippen molar-refractivity contribution in [2.75, 3.05) is 19.7 Å². The normalized spacial score (nSPS) is 15.5. The Morgan fingerprint density at radius 3 is 2.44 bits per heavy atom. The van der Waals surface area contributed by atoms with Crippen molar-refractivity contribution in [2.24, 2.45) is 5.92 Å². The zero-order valence-electron chi connectivity index (χ0n) is 18.2. The van der Waals surface area contributed by atoms with Crippen LogP contribution in [0.1, 0.15) is 25.3 Å². The van der Waals surface area contributed by atoms with Crippen molar-refractivity contribution >= 4 is 26.7 Å². The highest BCUT2D eigenvalue weighted by Gasteiger charge is 2.27. The first-order chi connectivity index (χ1) is 15.4. The smallest absolute Gasteiger partial charge is 0.258 e. The predicted molar refractivity (Wildman–Crippen MR) is 125 cm³/mol. The molecule has 0 spiro atoms. The van der Waals surface area contributed by atoms with Gasteiger partial charge in [-0.2, -0.15) is 4.31 Å². The van der Waals surface area contributed by atoms with Gasteiger partial charge in [-0.05, 0) is 59.4 Å². The van der Waals surface area contributed by atoms with Crippen LogP contribution >= 0.6 is 0 Å². The fourth-order valence-corrected chi connectivity index (χ4v) is 5.39. The van der Waals surface area contributed by atoms with Crippen LogP contribution in [-0.4, -0.2) is 38.3 Å². The van der Waals surface area contributed by atoms with E-state index < -0.39 is 10.0 Å². The maximum atomic E-state index is 12.8. The van der Waals surface area contributed by atoms with E-state index in [-0.39, 0.29) is 17.4 Å². The van der Waals surface area contributed by atoms with Crippen molar-refractivity contribution in [1.29, 1.82) is 0 Å². The molecule has 7 heteroatoms. The molecule has 1 amide bonds. The van der Waals surface area contributed by atoms with Crippen molar-refractivity contribution in [3.05, 3.63) is 72.3 Å². The molecule has 1 heterocycles. The summed E-state index contributed by atoms with van der Waals surface area (Å²) in [5.74, 6) is 0.776. The van der Waals surface area contributed by atoms with Crippen molar-refractivity contribution < 1.29 is 17.9 Å². The van der Waals surface area contributed by atoms with Gasteiger partial charge in [-0.3, -0.25) is 4.79 Å². The maximum Gasteiger partial charge on any atom is 0.258 e. The molecule has 6 nitrogen and oxygen atoms in total. The van der Waals surface area contributed by atoms with E-state index in [4.69, 9.17) is 4.74 Å². The Bertz CT molecular complexity index is 1180. The molecule has 0 bridgehead atoms. The van der Waals surface area contributed by atoms with E-state index in [0.717, 1.165) is 29.2 Å². The van der Waals surface area contributed by atoms with E-state index in [9.17, 15) is 13.2 Å². The molecule has 1 aliphatic rings. The highest BCUT2D eigenvalue weighted by molar-refractivity contribution is 7.89. The van der Waals surface area contributed by atoms with Crippen molar-refractivity contribution in [2.45, 2.75) is 31.2 Å². The van der Waals surface area contributed by atoms with E-state index in [1.165, 1.54) is 12.1 Å². The number of carbonyl (C=O) groups excluding carboxylic acids is 1. The second-order valence-corrected chi connectivity index (χ2v) is 10.2. The number of hydrogen-bond donors (Lipinski definition) is 1. The topological polar surface area (TPSA) is 75.7 Å². The molecule has 0 radical (unpaired) electrons. The highest BCUT2D eigenvalue weighted by atomic mass is 32.2. The summed E-state index contributed by atoms with van der Waals surface area (Å²) in [5.41, 5.74) is 1.04. The third-order valence-electron chi connectivity index (χ3n) is 5.93. The minimum absolute atomic E-state index is 0.138. The van der Waals surface area contributed by atoms with E-state index in [1.807, 2.05) is 42.5 Å². The van der Waals surface area contributed by atoms with Gasteiger partial charge in [0.15, 0.2) is 6.61 Å². The quantitative estimate of drug-likeness (QED) is 0.589. The molecule has 0 aliphatic carbocycles. The monoisotopic (exact) mass is 452 g/mol. The Kier molecular flexibility index (Phi) is 6.77. The molecule has 32 heavy (non-hydrogen) atoms. The Morgan fingerprint density at radius 2 is 1.69 bits per heavy atom. The summed E-state index contributed by atoms with van der Waals surface area (Å²) in [5, 5.41) is 5.11. The largest absolute Gasteiger partial charge is 0.484 e. The number of nitrogens with zero attached hydrogens (tertiary/aromatic N) is 1. The number of rotatable bonds is 7. The molecule has 1 aliphatic heterocycles. The van der Waals surface area contributed by atoms with E-state index in [2.05, 4.69) is 12.2 Å². The number of hydrogen-bond acceptors (Lipinski definition) is 4. The minimum Gasteiger partial charge on any atom is -0.484 e. The lowest BCUT2D eigenvalue weighted by Gasteiger charge is -2.29. The summed E-state index contributed by atoms with van der Waals surface area (Å²) < 4.78 is 32.7. The lowest BCUT2D eigenvalue weighted by Crippen LogP contribution is -2.37. The summed E-state index contributed by atoms with van der Waals surface area (Å²) in [6, 6.07) is 20.3. The van der Waals surface area contributed by atoms with Gasteiger partial charge in [-0.15, -0.1) is 0 Å². The molecular formula is C25H28N2O4S. The van der Waals surface area contributed by atoms with Gasteiger partial charge in [0.2, 0.25) is 10.0 Å². The SMILES string of the molecule is CC1CCN(S(=O)(=O)c2ccc(OCC(=O)NCc3cccc4ccccc34)cc2)CC1. The number of nitrogens with one attached hydrogen (secondary N) is 1. The average Bonchev–Trinajstić information content (AvgIpc) is 2.82. The van der Waals surface area contributed by atoms with Crippen LogP contribution in [0.4, 0.5) is 0 Å². The van der Waals surface area contributed by atoms with Crippen LogP contribution < -0.4 is 10.1 Å². The molecule has 0 unspecified atom stereocenters. The Labute approximate surface area is 189 Å². The first kappa shape index (κ1) is 22.3. The minimum atomic E-state index is -3.49. The molecule has 3 aromatic rings. The second kappa shape index (κ2) is 9.71. The molecule has 168 valence electrons. The Hall–Kier alpha value is -2.90. The first-order valence-electron chi connectivity index (χ1n) is 10.9. The summed E-state index contributed by atoms with van der Waals surface area (Å²) in [6.45, 7) is 3.53. The lowest BCUT2D eigenvalue weighted by atomic mass is 10.0. The molecule has 0 atom stereocenters. The van der Waals surface area contributed by atoms with Crippen molar-refractivity contribution in [3.63, 3.8) is 0 Å². The summed E-state index contributed by atoms with van der Waals surface area (Å²) >= 11 is 0. The van der Waals surface area contributed by atoms with Crippen LogP contribution in [-0.2, 0) is 21.4 Å². The lowest BCUT2D eigenvalue weighted by molar-refractivity contribution is -0.123. The number of carbonyl (C=O) groups is 1. The second-order valence-electron chi connectivity index (χ2n) is 8.26. The van der Waals surface area contributed by atoms with Gasteiger partial charge in [0.1, 0.15) is 5.75 Å². The fraction of sp³-hybridized carbons (Fsp3) is 0.320. The van der Waals surface area contributed by atoms with E-state index in [0.29, 0.717) is 31.3 Å². The van der Waals surface area contributed by atoms with Crippen LogP contribution in [0.5, 0.6) is 5.75 Å². The van der Waals surface area contributed by atoms with Gasteiger partial charge in [-0.25, -0.2) is 8.42 Å². The van der Waals surface area contributed by atoms with Gasteiger partial charge in [-0.1, -0.05) is 49.4 Å². The highest BCUT2D eigenvalue weighted by Crippen LogP contribution is 2.25. The zero-order valence-corrected chi connectivity index (χ0v) is 19.0. The molecular weight excluding hydrogens is 424 g/mol. The van der Waals surface area contributed by atoms with E-state index in [1.54, 1.807) is 16.4 Å². The zero-order chi connectivity index (χ0) is 22.6. The molecule has 1 saturated heterocycles. The molecule has 1 fully saturated rings. The number of piperidine rings is 1. The first-order valence-corrected chi connectivity index (χ1v) is 12.3. The summed E-state index contributed by atoms with van der Waals surface area (Å²) in [7, 11) is -3.49. The number of benzene rings is 3. The van der Waals surface area contributed by atoms with Crippen LogP contribution in [0.2, 0.25) is 0 Å². The van der Waals surface area contributed by atoms with Crippen LogP contribution in [0.3, 0.4) is 0 Å². The number of sulfonamides is 1. The van der Waals surface area contributed by atoms with Crippen LogP contribution in [0.25, 0.3) is 10.8 Å². The molecule has 0 saturated carbocycles. The predicted octanol–water partition coefficient (Wildman–Crippen LogP) is 3.96. The third kappa shape index (κ3) is 5.11. The number of ether oxygens (including phenoxy) is 1. The molecule has 3 aromatic carbocycles. The van der Waals surface area contributed by atoms with Crippen LogP contribution in [0, 0.1) is 5.92 Å². The summed E-state index contributed by atoms with van der Waals surface area (Å²) in [6.07, 6.45) is 1.77. The Balaban J connectivity index is 1.30. The van der Waals surface area contributed by atoms with Gasteiger partial charge in [0, 0.05) is 19.6 Å². The summed E-state index contributed by atoms with van der Waals surface area (Å²) in [4.78, 5) is 12.5. The molecule has 1 N–H and O–H groups in total. The van der Waals surface area contributed by atoms with Gasteiger partial charge in [0.05, 0.1) is 4.90 Å². The molecule has 4 rings (SSSR count). The number of amides is 1. The average molecular weight is 453 g/mol. The van der Waals surface area contributed by atoms with E-state index >= 15 is 0 Å². The Morgan fingerprint density at radius 1 is 1.00 bits per heavy atom. The third-order valence-corrected chi connectivity index (χ3v) is 7.84. The number of fused-ring (bicyclic) bond motifs is 1.